The van der Waals surface area contributed by atoms with Crippen molar-refractivity contribution < 1.29 is 13.2 Å². The summed E-state index contributed by atoms with van der Waals surface area (Å²) in [6, 6.07) is 1.55. The summed E-state index contributed by atoms with van der Waals surface area (Å²) < 4.78 is 31.2. The van der Waals surface area contributed by atoms with E-state index in [-0.39, 0.29) is 4.90 Å². The molecule has 1 aliphatic heterocycles. The Kier molecular flexibility index (Phi) is 3.60. The minimum atomic E-state index is -3.50. The van der Waals surface area contributed by atoms with Crippen LogP contribution in [0.4, 0.5) is 0 Å². The molecular weight excluding hydrogens is 242 g/mol. The van der Waals surface area contributed by atoms with Crippen molar-refractivity contribution in [1.82, 2.24) is 14.6 Å². The van der Waals surface area contributed by atoms with Crippen LogP contribution in [0.5, 0.6) is 5.75 Å². The number of nitrogens with one attached hydrogen (secondary N) is 1. The van der Waals surface area contributed by atoms with Crippen molar-refractivity contribution in [2.45, 2.75) is 4.90 Å². The molecule has 1 N–H and O–H groups in total. The van der Waals surface area contributed by atoms with Gasteiger partial charge < -0.3 is 10.1 Å². The molecule has 0 atom stereocenters. The first-order chi connectivity index (χ1) is 8.16. The van der Waals surface area contributed by atoms with E-state index >= 15 is 0 Å². The second-order valence-electron chi connectivity index (χ2n) is 3.68. The molecule has 6 nitrogen and oxygen atoms in total. The van der Waals surface area contributed by atoms with Crippen LogP contribution in [0.1, 0.15) is 0 Å². The molecule has 7 heteroatoms. The number of piperazine rings is 1. The maximum Gasteiger partial charge on any atom is 0.248 e. The monoisotopic (exact) mass is 257 g/mol. The van der Waals surface area contributed by atoms with Crippen LogP contribution in [0, 0.1) is 0 Å². The standard InChI is InChI=1S/C10H15N3O3S/c1-16-9-2-3-12-8-10(9)17(14,15)13-6-4-11-5-7-13/h2-3,8,11H,4-7H2,1H3. The molecule has 1 aromatic rings. The number of hydrogen-bond donors (Lipinski definition) is 1. The highest BCUT2D eigenvalue weighted by atomic mass is 32.2. The van der Waals surface area contributed by atoms with E-state index in [1.165, 1.54) is 23.8 Å². The third kappa shape index (κ3) is 2.41. The second kappa shape index (κ2) is 4.99. The van der Waals surface area contributed by atoms with E-state index in [1.807, 2.05) is 0 Å². The molecule has 94 valence electrons. The number of rotatable bonds is 3. The van der Waals surface area contributed by atoms with Gasteiger partial charge in [-0.25, -0.2) is 8.42 Å². The lowest BCUT2D eigenvalue weighted by molar-refractivity contribution is 0.354. The Morgan fingerprint density at radius 1 is 1.41 bits per heavy atom. The summed E-state index contributed by atoms with van der Waals surface area (Å²) in [5.41, 5.74) is 0. The van der Waals surface area contributed by atoms with E-state index in [0.29, 0.717) is 31.9 Å². The highest BCUT2D eigenvalue weighted by Gasteiger charge is 2.28. The average molecular weight is 257 g/mol. The van der Waals surface area contributed by atoms with Gasteiger partial charge in [0.15, 0.2) is 0 Å². The molecule has 0 amide bonds. The van der Waals surface area contributed by atoms with Crippen molar-refractivity contribution >= 4 is 10.0 Å². The number of methoxy groups -OCH3 is 1. The molecule has 0 unspecified atom stereocenters. The summed E-state index contributed by atoms with van der Waals surface area (Å²) in [5, 5.41) is 3.11. The normalized spacial score (nSPS) is 17.9. The van der Waals surface area contributed by atoms with E-state index in [1.54, 1.807) is 6.07 Å². The summed E-state index contributed by atoms with van der Waals surface area (Å²) in [6.07, 6.45) is 2.84. The van der Waals surface area contributed by atoms with E-state index in [2.05, 4.69) is 10.3 Å². The van der Waals surface area contributed by atoms with E-state index in [9.17, 15) is 8.42 Å². The molecule has 1 aromatic heterocycles. The van der Waals surface area contributed by atoms with Crippen LogP contribution in [0.2, 0.25) is 0 Å². The Balaban J connectivity index is 2.36. The molecule has 0 saturated carbocycles. The minimum Gasteiger partial charge on any atom is -0.495 e. The molecule has 2 heterocycles. The molecule has 0 aromatic carbocycles. The number of nitrogens with zero attached hydrogens (tertiary/aromatic N) is 2. The second-order valence-corrected chi connectivity index (χ2v) is 5.59. The van der Waals surface area contributed by atoms with Crippen LogP contribution in [-0.4, -0.2) is 51.0 Å². The molecule has 1 fully saturated rings. The quantitative estimate of drug-likeness (QED) is 0.804. The number of pyridine rings is 1. The van der Waals surface area contributed by atoms with Crippen molar-refractivity contribution in [3.63, 3.8) is 0 Å². The smallest absolute Gasteiger partial charge is 0.248 e. The Hall–Kier alpha value is -1.18. The van der Waals surface area contributed by atoms with Crippen molar-refractivity contribution in [2.75, 3.05) is 33.3 Å². The highest BCUT2D eigenvalue weighted by molar-refractivity contribution is 7.89. The lowest BCUT2D eigenvalue weighted by Gasteiger charge is -2.26. The van der Waals surface area contributed by atoms with Gasteiger partial charge in [-0.05, 0) is 6.07 Å². The topological polar surface area (TPSA) is 71.5 Å². The lowest BCUT2D eigenvalue weighted by atomic mass is 10.4. The van der Waals surface area contributed by atoms with Gasteiger partial charge in [0.2, 0.25) is 10.0 Å². The van der Waals surface area contributed by atoms with Crippen LogP contribution >= 0.6 is 0 Å². The largest absolute Gasteiger partial charge is 0.495 e. The molecule has 17 heavy (non-hydrogen) atoms. The maximum atomic E-state index is 12.3. The van der Waals surface area contributed by atoms with Crippen molar-refractivity contribution in [3.8, 4) is 5.75 Å². The van der Waals surface area contributed by atoms with Gasteiger partial charge in [-0.15, -0.1) is 0 Å². The molecule has 0 bridgehead atoms. The van der Waals surface area contributed by atoms with E-state index in [0.717, 1.165) is 0 Å². The van der Waals surface area contributed by atoms with Crippen LogP contribution in [-0.2, 0) is 10.0 Å². The van der Waals surface area contributed by atoms with Gasteiger partial charge in [0.25, 0.3) is 0 Å². The Morgan fingerprint density at radius 2 is 2.12 bits per heavy atom. The Labute approximate surface area is 101 Å². The summed E-state index contributed by atoms with van der Waals surface area (Å²) in [4.78, 5) is 3.98. The summed E-state index contributed by atoms with van der Waals surface area (Å²) in [6.45, 7) is 2.28. The SMILES string of the molecule is COc1ccncc1S(=O)(=O)N1CCNCC1. The zero-order valence-electron chi connectivity index (χ0n) is 9.59. The fraction of sp³-hybridized carbons (Fsp3) is 0.500. The maximum absolute atomic E-state index is 12.3. The van der Waals surface area contributed by atoms with Crippen molar-refractivity contribution in [1.29, 1.82) is 0 Å². The van der Waals surface area contributed by atoms with Crippen LogP contribution < -0.4 is 10.1 Å². The molecule has 0 radical (unpaired) electrons. The van der Waals surface area contributed by atoms with Crippen LogP contribution in [0.15, 0.2) is 23.4 Å². The Morgan fingerprint density at radius 3 is 2.76 bits per heavy atom. The molecule has 0 aliphatic carbocycles. The highest BCUT2D eigenvalue weighted by Crippen LogP contribution is 2.25. The van der Waals surface area contributed by atoms with E-state index < -0.39 is 10.0 Å². The lowest BCUT2D eigenvalue weighted by Crippen LogP contribution is -2.46. The van der Waals surface area contributed by atoms with Gasteiger partial charge in [-0.1, -0.05) is 0 Å². The first kappa shape index (κ1) is 12.3. The molecule has 1 saturated heterocycles. The zero-order valence-corrected chi connectivity index (χ0v) is 10.4. The van der Waals surface area contributed by atoms with Gasteiger partial charge >= 0.3 is 0 Å². The fourth-order valence-corrected chi connectivity index (χ4v) is 3.29. The van der Waals surface area contributed by atoms with Gasteiger partial charge in [0.05, 0.1) is 13.3 Å². The van der Waals surface area contributed by atoms with Crippen molar-refractivity contribution in [3.05, 3.63) is 18.5 Å². The van der Waals surface area contributed by atoms with Crippen LogP contribution in [0.3, 0.4) is 0 Å². The van der Waals surface area contributed by atoms with Gasteiger partial charge in [-0.2, -0.15) is 4.31 Å². The third-order valence-corrected chi connectivity index (χ3v) is 4.57. The fourth-order valence-electron chi connectivity index (χ4n) is 1.75. The molecular formula is C10H15N3O3S. The zero-order chi connectivity index (χ0) is 12.3. The predicted molar refractivity (Wildman–Crippen MR) is 62.4 cm³/mol. The van der Waals surface area contributed by atoms with E-state index in [4.69, 9.17) is 4.74 Å². The van der Waals surface area contributed by atoms with Gasteiger partial charge in [0, 0.05) is 32.4 Å². The van der Waals surface area contributed by atoms with Gasteiger partial charge in [-0.3, -0.25) is 4.98 Å². The first-order valence-corrected chi connectivity index (χ1v) is 6.79. The number of aromatic nitrogens is 1. The minimum absolute atomic E-state index is 0.129. The summed E-state index contributed by atoms with van der Waals surface area (Å²) >= 11 is 0. The molecule has 0 spiro atoms. The number of sulfonamides is 1. The summed E-state index contributed by atoms with van der Waals surface area (Å²) in [5.74, 6) is 0.332. The third-order valence-electron chi connectivity index (χ3n) is 2.66. The molecule has 1 aliphatic rings. The van der Waals surface area contributed by atoms with Gasteiger partial charge in [0.1, 0.15) is 10.6 Å². The van der Waals surface area contributed by atoms with Crippen molar-refractivity contribution in [2.24, 2.45) is 0 Å². The first-order valence-electron chi connectivity index (χ1n) is 5.35. The number of ether oxygens (including phenoxy) is 1. The number of hydrogen-bond acceptors (Lipinski definition) is 5. The Bertz CT molecular complexity index is 483. The molecule has 2 rings (SSSR count). The van der Waals surface area contributed by atoms with Crippen LogP contribution in [0.25, 0.3) is 0 Å². The average Bonchev–Trinajstić information content (AvgIpc) is 2.39. The predicted octanol–water partition coefficient (Wildman–Crippen LogP) is -0.316. The summed E-state index contributed by atoms with van der Waals surface area (Å²) in [7, 11) is -2.05.